The predicted octanol–water partition coefficient (Wildman–Crippen LogP) is 3.42. The minimum absolute atomic E-state index is 0.00872. The molecule has 1 aromatic carbocycles. The van der Waals surface area contributed by atoms with E-state index in [-0.39, 0.29) is 16.7 Å². The summed E-state index contributed by atoms with van der Waals surface area (Å²) in [7, 11) is 3.24. The van der Waals surface area contributed by atoms with Crippen molar-refractivity contribution in [2.24, 2.45) is 5.10 Å². The SMILES string of the molecule is CCC1SC(=O)N(C(CC)N2CCOCC2)N=C1c1ccc(OC)c(OC)c1. The van der Waals surface area contributed by atoms with Crippen LogP contribution in [0.4, 0.5) is 4.79 Å². The van der Waals surface area contributed by atoms with E-state index in [4.69, 9.17) is 19.3 Å². The topological polar surface area (TPSA) is 63.6 Å². The van der Waals surface area contributed by atoms with Gasteiger partial charge < -0.3 is 14.2 Å². The number of carbonyl (C=O) groups excluding carboxylic acids is 1. The molecule has 2 heterocycles. The molecule has 28 heavy (non-hydrogen) atoms. The number of benzene rings is 1. The Bertz CT molecular complexity index is 721. The Morgan fingerprint density at radius 2 is 1.93 bits per heavy atom. The van der Waals surface area contributed by atoms with Crippen molar-refractivity contribution in [2.75, 3.05) is 40.5 Å². The highest BCUT2D eigenvalue weighted by atomic mass is 32.2. The molecule has 1 fully saturated rings. The van der Waals surface area contributed by atoms with E-state index in [0.717, 1.165) is 37.2 Å². The molecule has 2 atom stereocenters. The van der Waals surface area contributed by atoms with Gasteiger partial charge in [0.1, 0.15) is 6.17 Å². The maximum atomic E-state index is 12.9. The molecular formula is C20H29N3O4S. The van der Waals surface area contributed by atoms with E-state index in [9.17, 15) is 4.79 Å². The van der Waals surface area contributed by atoms with Gasteiger partial charge in [0.25, 0.3) is 0 Å². The van der Waals surface area contributed by atoms with Gasteiger partial charge in [-0.15, -0.1) is 0 Å². The fourth-order valence-corrected chi connectivity index (χ4v) is 4.59. The number of hydrogen-bond donors (Lipinski definition) is 0. The van der Waals surface area contributed by atoms with Crippen molar-refractivity contribution >= 4 is 22.7 Å². The largest absolute Gasteiger partial charge is 0.493 e. The van der Waals surface area contributed by atoms with Crippen LogP contribution in [0, 0.1) is 0 Å². The van der Waals surface area contributed by atoms with E-state index in [0.29, 0.717) is 24.7 Å². The molecule has 2 aliphatic heterocycles. The van der Waals surface area contributed by atoms with Gasteiger partial charge in [0.15, 0.2) is 11.5 Å². The maximum absolute atomic E-state index is 12.9. The third-order valence-corrected chi connectivity index (χ3v) is 6.35. The summed E-state index contributed by atoms with van der Waals surface area (Å²) >= 11 is 1.35. The van der Waals surface area contributed by atoms with E-state index in [1.165, 1.54) is 11.8 Å². The van der Waals surface area contributed by atoms with E-state index in [2.05, 4.69) is 18.7 Å². The molecule has 154 valence electrons. The van der Waals surface area contributed by atoms with Gasteiger partial charge in [-0.25, -0.2) is 5.01 Å². The van der Waals surface area contributed by atoms with Crippen molar-refractivity contribution in [1.29, 1.82) is 0 Å². The van der Waals surface area contributed by atoms with Gasteiger partial charge in [0, 0.05) is 18.7 Å². The standard InChI is InChI=1S/C20H29N3O4S/c1-5-17-19(14-7-8-15(25-3)16(13-14)26-4)21-23(20(24)28-17)18(6-2)22-9-11-27-12-10-22/h7-8,13,17-18H,5-6,9-12H2,1-4H3. The molecule has 0 aliphatic carbocycles. The molecule has 0 saturated carbocycles. The van der Waals surface area contributed by atoms with Gasteiger partial charge in [0.05, 0.1) is 38.4 Å². The van der Waals surface area contributed by atoms with Crippen molar-refractivity contribution in [3.63, 3.8) is 0 Å². The first-order valence-corrected chi connectivity index (χ1v) is 10.6. The van der Waals surface area contributed by atoms with E-state index in [1.54, 1.807) is 19.2 Å². The van der Waals surface area contributed by atoms with Crippen molar-refractivity contribution in [3.8, 4) is 11.5 Å². The molecule has 7 nitrogen and oxygen atoms in total. The number of amides is 1. The highest BCUT2D eigenvalue weighted by Gasteiger charge is 2.36. The second-order valence-corrected chi connectivity index (χ2v) is 7.87. The first kappa shape index (κ1) is 21.0. The number of morpholine rings is 1. The Kier molecular flexibility index (Phi) is 7.20. The Hall–Kier alpha value is -1.77. The molecule has 1 amide bonds. The van der Waals surface area contributed by atoms with Gasteiger partial charge in [-0.1, -0.05) is 25.6 Å². The molecule has 1 aromatic rings. The summed E-state index contributed by atoms with van der Waals surface area (Å²) in [6, 6.07) is 5.80. The quantitative estimate of drug-likeness (QED) is 0.690. The number of ether oxygens (including phenoxy) is 3. The van der Waals surface area contributed by atoms with Crippen LogP contribution in [0.2, 0.25) is 0 Å². The van der Waals surface area contributed by atoms with Crippen molar-refractivity contribution in [3.05, 3.63) is 23.8 Å². The molecule has 0 spiro atoms. The zero-order valence-corrected chi connectivity index (χ0v) is 17.8. The van der Waals surface area contributed by atoms with Crippen LogP contribution in [-0.4, -0.2) is 72.8 Å². The monoisotopic (exact) mass is 407 g/mol. The van der Waals surface area contributed by atoms with Crippen LogP contribution < -0.4 is 9.47 Å². The minimum atomic E-state index is -0.0585. The average Bonchev–Trinajstić information content (AvgIpc) is 2.75. The molecule has 2 unspecified atom stereocenters. The second kappa shape index (κ2) is 9.62. The number of rotatable bonds is 7. The van der Waals surface area contributed by atoms with E-state index < -0.39 is 0 Å². The summed E-state index contributed by atoms with van der Waals surface area (Å²) in [5, 5.41) is 6.55. The smallest absolute Gasteiger partial charge is 0.303 e. The number of carbonyl (C=O) groups is 1. The van der Waals surface area contributed by atoms with E-state index in [1.807, 2.05) is 18.2 Å². The zero-order valence-electron chi connectivity index (χ0n) is 17.0. The molecule has 1 saturated heterocycles. The van der Waals surface area contributed by atoms with Crippen LogP contribution in [0.15, 0.2) is 23.3 Å². The highest BCUT2D eigenvalue weighted by molar-refractivity contribution is 8.14. The Balaban J connectivity index is 1.97. The number of methoxy groups -OCH3 is 2. The number of hydrazone groups is 1. The average molecular weight is 408 g/mol. The third-order valence-electron chi connectivity index (χ3n) is 5.12. The Morgan fingerprint density at radius 3 is 2.54 bits per heavy atom. The lowest BCUT2D eigenvalue weighted by atomic mass is 10.0. The summed E-state index contributed by atoms with van der Waals surface area (Å²) in [6.07, 6.45) is 1.58. The lowest BCUT2D eigenvalue weighted by Gasteiger charge is -2.40. The van der Waals surface area contributed by atoms with Crippen LogP contribution in [0.3, 0.4) is 0 Å². The number of thioether (sulfide) groups is 1. The summed E-state index contributed by atoms with van der Waals surface area (Å²) in [6.45, 7) is 7.17. The molecule has 2 aliphatic rings. The Morgan fingerprint density at radius 1 is 1.21 bits per heavy atom. The van der Waals surface area contributed by atoms with Crippen LogP contribution in [0.5, 0.6) is 11.5 Å². The van der Waals surface area contributed by atoms with Crippen LogP contribution in [-0.2, 0) is 4.74 Å². The normalized spacial score (nSPS) is 22.0. The lowest BCUT2D eigenvalue weighted by Crippen LogP contribution is -2.53. The Labute approximate surface area is 171 Å². The van der Waals surface area contributed by atoms with Gasteiger partial charge in [-0.05, 0) is 31.0 Å². The summed E-state index contributed by atoms with van der Waals surface area (Å²) in [4.78, 5) is 15.2. The van der Waals surface area contributed by atoms with E-state index >= 15 is 0 Å². The van der Waals surface area contributed by atoms with Gasteiger partial charge >= 0.3 is 5.24 Å². The summed E-state index contributed by atoms with van der Waals surface area (Å²) in [5.41, 5.74) is 1.85. The van der Waals surface area contributed by atoms with Gasteiger partial charge in [-0.3, -0.25) is 9.69 Å². The summed E-state index contributed by atoms with van der Waals surface area (Å²) in [5.74, 6) is 1.34. The second-order valence-electron chi connectivity index (χ2n) is 6.72. The van der Waals surface area contributed by atoms with Crippen molar-refractivity contribution in [1.82, 2.24) is 9.91 Å². The molecule has 0 radical (unpaired) electrons. The molecule has 3 rings (SSSR count). The first-order valence-electron chi connectivity index (χ1n) is 9.75. The highest BCUT2D eigenvalue weighted by Crippen LogP contribution is 2.34. The van der Waals surface area contributed by atoms with Gasteiger partial charge in [-0.2, -0.15) is 5.10 Å². The maximum Gasteiger partial charge on any atom is 0.303 e. The van der Waals surface area contributed by atoms with Crippen molar-refractivity contribution in [2.45, 2.75) is 38.1 Å². The number of nitrogens with zero attached hydrogens (tertiary/aromatic N) is 3. The zero-order chi connectivity index (χ0) is 20.1. The molecular weight excluding hydrogens is 378 g/mol. The predicted molar refractivity (Wildman–Crippen MR) is 111 cm³/mol. The van der Waals surface area contributed by atoms with Crippen LogP contribution >= 0.6 is 11.8 Å². The fraction of sp³-hybridized carbons (Fsp3) is 0.600. The lowest BCUT2D eigenvalue weighted by molar-refractivity contribution is -0.0191. The van der Waals surface area contributed by atoms with Crippen LogP contribution in [0.1, 0.15) is 32.3 Å². The molecule has 0 N–H and O–H groups in total. The van der Waals surface area contributed by atoms with Crippen LogP contribution in [0.25, 0.3) is 0 Å². The van der Waals surface area contributed by atoms with Crippen molar-refractivity contribution < 1.29 is 19.0 Å². The molecule has 8 heteroatoms. The third kappa shape index (κ3) is 4.29. The van der Waals surface area contributed by atoms with Gasteiger partial charge in [0.2, 0.25) is 0 Å². The summed E-state index contributed by atoms with van der Waals surface area (Å²) < 4.78 is 16.3. The fourth-order valence-electron chi connectivity index (χ4n) is 3.62. The molecule has 0 bridgehead atoms. The molecule has 0 aromatic heterocycles. The minimum Gasteiger partial charge on any atom is -0.493 e. The number of hydrogen-bond acceptors (Lipinski definition) is 7. The first-order chi connectivity index (χ1) is 13.6.